The zero-order chi connectivity index (χ0) is 51.8. The van der Waals surface area contributed by atoms with Crippen molar-refractivity contribution >= 4 is 0 Å². The van der Waals surface area contributed by atoms with Gasteiger partial charge in [-0.15, -0.1) is 0 Å². The summed E-state index contributed by atoms with van der Waals surface area (Å²) < 4.78 is 95.5. The SMILES string of the molecule is CC(C)(C)C1(C)CCCCC1.CC(C)(C)C1CCCc2ccccc21.CC(C)C1COC(C(F)(F)F)(C(F)(F)F)OC1C.CC1CCCCC1C(C)(C)C.CC1OC(C)(C)OCC1C(C)(C)C. The third kappa shape index (κ3) is 17.7. The van der Waals surface area contributed by atoms with Crippen LogP contribution < -0.4 is 0 Å². The maximum atomic E-state index is 12.6. The maximum Gasteiger partial charge on any atom is 0.453 e. The number of fused-ring (bicyclic) bond motifs is 1. The summed E-state index contributed by atoms with van der Waals surface area (Å²) in [6.07, 6.45) is 4.86. The van der Waals surface area contributed by atoms with Crippen LogP contribution in [0.4, 0.5) is 26.3 Å². The average molecular weight is 963 g/mol. The quantitative estimate of drug-likeness (QED) is 0.263. The molecule has 6 rings (SSSR count). The molecule has 1 aromatic rings. The van der Waals surface area contributed by atoms with E-state index in [4.69, 9.17) is 9.47 Å². The van der Waals surface area contributed by atoms with Crippen molar-refractivity contribution in [3.63, 3.8) is 0 Å². The van der Waals surface area contributed by atoms with Gasteiger partial charge in [0.15, 0.2) is 5.79 Å². The molecule has 0 spiro atoms. The van der Waals surface area contributed by atoms with Gasteiger partial charge >= 0.3 is 18.1 Å². The fourth-order valence-corrected chi connectivity index (χ4v) is 11.2. The third-order valence-corrected chi connectivity index (χ3v) is 16.2. The number of halogens is 6. The second kappa shape index (κ2) is 23.9. The largest absolute Gasteiger partial charge is 0.453 e. The molecule has 4 fully saturated rings. The second-order valence-corrected chi connectivity index (χ2v) is 26.3. The topological polar surface area (TPSA) is 36.9 Å². The standard InChI is InChI=1S/C14H20.C11H22O2.2C11H22.C10H14F6O2/c1-14(2,3)13-10-6-8-11-7-4-5-9-12(11)13;1-8-9(10(2,3)4)7-12-11(5,6)13-8;1-10(2,3)11(4)8-6-5-7-9-11;1-9-7-5-6-8-10(9)11(2,3)4;1-5(2)7-4-17-8(9(11,12)13,10(14,15)16)18-6(7)3/h4-5,7,9,13H,6,8,10H2,1-3H3;8-9H,7H2,1-6H3;5-9H2,1-4H3;9-10H,5-8H2,1-4H3;5-7H,4H2,1-3H3. The first-order chi connectivity index (χ1) is 30.2. The molecular formula is C57H100F6O4. The highest BCUT2D eigenvalue weighted by Crippen LogP contribution is 2.51. The lowest BCUT2D eigenvalue weighted by Crippen LogP contribution is -2.65. The van der Waals surface area contributed by atoms with Gasteiger partial charge in [0.05, 0.1) is 25.4 Å². The van der Waals surface area contributed by atoms with Crippen LogP contribution in [0, 0.1) is 56.7 Å². The molecule has 2 heterocycles. The molecule has 0 aromatic heterocycles. The van der Waals surface area contributed by atoms with Crippen LogP contribution >= 0.6 is 0 Å². The molecule has 0 radical (unpaired) electrons. The van der Waals surface area contributed by atoms with E-state index in [9.17, 15) is 26.3 Å². The molecule has 7 atom stereocenters. The predicted molar refractivity (Wildman–Crippen MR) is 266 cm³/mol. The van der Waals surface area contributed by atoms with Gasteiger partial charge in [0.25, 0.3) is 0 Å². The van der Waals surface area contributed by atoms with E-state index in [1.807, 2.05) is 13.8 Å². The molecule has 0 bridgehead atoms. The molecule has 4 nitrogen and oxygen atoms in total. The molecule has 2 aliphatic heterocycles. The summed E-state index contributed by atoms with van der Waals surface area (Å²) in [4.78, 5) is 0. The molecule has 7 unspecified atom stereocenters. The molecule has 5 aliphatic rings. The van der Waals surface area contributed by atoms with Crippen molar-refractivity contribution in [2.24, 2.45) is 56.7 Å². The third-order valence-electron chi connectivity index (χ3n) is 16.2. The minimum atomic E-state index is -5.67. The Kier molecular flexibility index (Phi) is 22.0. The van der Waals surface area contributed by atoms with E-state index >= 15 is 0 Å². The molecule has 67 heavy (non-hydrogen) atoms. The number of ether oxygens (including phenoxy) is 4. The monoisotopic (exact) mass is 963 g/mol. The summed E-state index contributed by atoms with van der Waals surface area (Å²) in [5.74, 6) is -2.39. The molecule has 394 valence electrons. The Bertz CT molecular complexity index is 1570. The van der Waals surface area contributed by atoms with Gasteiger partial charge in [0.1, 0.15) is 0 Å². The van der Waals surface area contributed by atoms with Crippen LogP contribution in [0.15, 0.2) is 24.3 Å². The molecule has 10 heteroatoms. The second-order valence-electron chi connectivity index (χ2n) is 26.3. The number of rotatable bonds is 1. The van der Waals surface area contributed by atoms with Crippen LogP contribution in [0.2, 0.25) is 0 Å². The first kappa shape index (κ1) is 61.8. The minimum Gasteiger partial charge on any atom is -0.350 e. The zero-order valence-corrected chi connectivity index (χ0v) is 46.2. The Balaban J connectivity index is 0.000000291. The Labute approximate surface area is 406 Å². The van der Waals surface area contributed by atoms with Crippen molar-refractivity contribution in [2.45, 2.75) is 258 Å². The number of hydrogen-bond donors (Lipinski definition) is 0. The molecule has 1 aromatic carbocycles. The van der Waals surface area contributed by atoms with Crippen LogP contribution in [0.3, 0.4) is 0 Å². The van der Waals surface area contributed by atoms with E-state index in [0.717, 1.165) is 24.4 Å². The van der Waals surface area contributed by atoms with Gasteiger partial charge in [-0.05, 0) is 128 Å². The number of hydrogen-bond acceptors (Lipinski definition) is 4. The Morgan fingerprint density at radius 2 is 1.09 bits per heavy atom. The fourth-order valence-electron chi connectivity index (χ4n) is 11.2. The first-order valence-electron chi connectivity index (χ1n) is 26.1. The van der Waals surface area contributed by atoms with Gasteiger partial charge in [0, 0.05) is 11.8 Å². The number of benzene rings is 1. The normalized spacial score (nSPS) is 28.9. The molecule has 2 saturated heterocycles. The van der Waals surface area contributed by atoms with Crippen molar-refractivity contribution in [3.05, 3.63) is 35.4 Å². The fraction of sp³-hybridized carbons (Fsp3) is 0.895. The average Bonchev–Trinajstić information content (AvgIpc) is 3.16. The Hall–Kier alpha value is -1.36. The predicted octanol–water partition coefficient (Wildman–Crippen LogP) is 18.3. The van der Waals surface area contributed by atoms with E-state index in [-0.39, 0.29) is 17.4 Å². The van der Waals surface area contributed by atoms with Crippen LogP contribution in [0.25, 0.3) is 0 Å². The lowest BCUT2D eigenvalue weighted by molar-refractivity contribution is -0.496. The van der Waals surface area contributed by atoms with Gasteiger partial charge in [-0.3, -0.25) is 0 Å². The maximum absolute atomic E-state index is 12.6. The van der Waals surface area contributed by atoms with Gasteiger partial charge in [-0.2, -0.15) is 26.3 Å². The zero-order valence-electron chi connectivity index (χ0n) is 46.2. The highest BCUT2D eigenvalue weighted by Gasteiger charge is 2.76. The minimum absolute atomic E-state index is 0.139. The van der Waals surface area contributed by atoms with Gasteiger partial charge in [-0.25, -0.2) is 0 Å². The number of alkyl halides is 6. The van der Waals surface area contributed by atoms with Gasteiger partial charge < -0.3 is 18.9 Å². The summed E-state index contributed by atoms with van der Waals surface area (Å²) in [5.41, 5.74) is 5.52. The first-order valence-corrected chi connectivity index (χ1v) is 26.1. The van der Waals surface area contributed by atoms with Crippen LogP contribution in [-0.4, -0.2) is 49.3 Å². The van der Waals surface area contributed by atoms with Crippen molar-refractivity contribution in [3.8, 4) is 0 Å². The molecule has 0 amide bonds. The van der Waals surface area contributed by atoms with Crippen LogP contribution in [-0.2, 0) is 25.4 Å². The van der Waals surface area contributed by atoms with E-state index < -0.39 is 42.6 Å². The van der Waals surface area contributed by atoms with Crippen molar-refractivity contribution < 1.29 is 45.3 Å². The highest BCUT2D eigenvalue weighted by atomic mass is 19.4. The molecule has 3 aliphatic carbocycles. The summed E-state index contributed by atoms with van der Waals surface area (Å²) in [6.45, 7) is 43.8. The van der Waals surface area contributed by atoms with E-state index in [1.165, 1.54) is 84.0 Å². The highest BCUT2D eigenvalue weighted by molar-refractivity contribution is 5.33. The van der Waals surface area contributed by atoms with Crippen LogP contribution in [0.5, 0.6) is 0 Å². The summed E-state index contributed by atoms with van der Waals surface area (Å²) in [5, 5.41) is 0. The Morgan fingerprint density at radius 1 is 0.567 bits per heavy atom. The smallest absolute Gasteiger partial charge is 0.350 e. The van der Waals surface area contributed by atoms with Gasteiger partial charge in [0.2, 0.25) is 0 Å². The van der Waals surface area contributed by atoms with Crippen molar-refractivity contribution in [2.75, 3.05) is 13.2 Å². The molecular weight excluding hydrogens is 863 g/mol. The summed E-state index contributed by atoms with van der Waals surface area (Å²) in [7, 11) is 0. The van der Waals surface area contributed by atoms with E-state index in [1.54, 1.807) is 25.0 Å². The molecule has 2 saturated carbocycles. The van der Waals surface area contributed by atoms with E-state index in [0.29, 0.717) is 27.6 Å². The van der Waals surface area contributed by atoms with E-state index in [2.05, 4.69) is 138 Å². The van der Waals surface area contributed by atoms with Crippen molar-refractivity contribution in [1.29, 1.82) is 0 Å². The summed E-state index contributed by atoms with van der Waals surface area (Å²) in [6, 6.07) is 8.98. The van der Waals surface area contributed by atoms with Crippen LogP contribution in [0.1, 0.15) is 226 Å². The lowest BCUT2D eigenvalue weighted by Gasteiger charge is -2.45. The molecule has 0 N–H and O–H groups in total. The van der Waals surface area contributed by atoms with Crippen molar-refractivity contribution in [1.82, 2.24) is 0 Å². The Morgan fingerprint density at radius 3 is 1.49 bits per heavy atom. The lowest BCUT2D eigenvalue weighted by atomic mass is 9.61. The summed E-state index contributed by atoms with van der Waals surface area (Å²) >= 11 is 0. The van der Waals surface area contributed by atoms with Gasteiger partial charge in [-0.1, -0.05) is 174 Å². The number of aryl methyl sites for hydroxylation is 1.